The number of H-pyrrole nitrogens is 1. The molecule has 8 nitrogen and oxygen atoms in total. The molecule has 0 radical (unpaired) electrons. The summed E-state index contributed by atoms with van der Waals surface area (Å²) < 4.78 is 5.78. The van der Waals surface area contributed by atoms with Crippen molar-refractivity contribution in [3.63, 3.8) is 0 Å². The molecule has 0 aliphatic carbocycles. The van der Waals surface area contributed by atoms with E-state index in [-0.39, 0.29) is 6.04 Å². The highest BCUT2D eigenvalue weighted by molar-refractivity contribution is 6.31. The molecule has 3 aromatic rings. The first-order valence-electron chi connectivity index (χ1n) is 8.78. The van der Waals surface area contributed by atoms with Gasteiger partial charge in [-0.15, -0.1) is 0 Å². The maximum Gasteiger partial charge on any atom is 0.182 e. The van der Waals surface area contributed by atoms with Gasteiger partial charge in [-0.25, -0.2) is 15.0 Å². The van der Waals surface area contributed by atoms with Gasteiger partial charge in [0.15, 0.2) is 11.5 Å². The normalized spacial score (nSPS) is 12.8. The van der Waals surface area contributed by atoms with Crippen LogP contribution >= 0.6 is 11.6 Å². The highest BCUT2D eigenvalue weighted by atomic mass is 35.5. The standard InChI is InChI=1S/C19H22ClN7O/c1-10-14(20)6-13(17(28-3)15(10)12(7-22)4-5-21)11(2)27-19-16-18(24-8-23-16)25-9-26-19/h4-6,8-9,11,21H,7,22H2,1-3H3,(H2,23,24,25,26,27)/p+1. The second kappa shape index (κ2) is 8.37. The van der Waals surface area contributed by atoms with Gasteiger partial charge >= 0.3 is 0 Å². The van der Waals surface area contributed by atoms with E-state index in [4.69, 9.17) is 21.7 Å². The Hall–Kier alpha value is -2.97. The van der Waals surface area contributed by atoms with Crippen molar-refractivity contribution < 1.29 is 10.5 Å². The molecule has 0 fully saturated rings. The first-order valence-corrected chi connectivity index (χ1v) is 9.16. The van der Waals surface area contributed by atoms with Crippen LogP contribution in [0.3, 0.4) is 0 Å². The number of aromatic nitrogens is 4. The van der Waals surface area contributed by atoms with Crippen molar-refractivity contribution >= 4 is 40.4 Å². The Morgan fingerprint density at radius 3 is 2.89 bits per heavy atom. The smallest absolute Gasteiger partial charge is 0.182 e. The van der Waals surface area contributed by atoms with Crippen LogP contribution in [0.1, 0.15) is 29.7 Å². The van der Waals surface area contributed by atoms with Crippen molar-refractivity contribution in [2.75, 3.05) is 19.0 Å². The quantitative estimate of drug-likeness (QED) is 0.453. The number of nitrogens with zero attached hydrogens (tertiary/aromatic N) is 3. The highest BCUT2D eigenvalue weighted by Gasteiger charge is 2.23. The Bertz CT molecular complexity index is 1040. The Morgan fingerprint density at radius 1 is 1.43 bits per heavy atom. The topological polar surface area (TPSA) is 127 Å². The monoisotopic (exact) mass is 400 g/mol. The third kappa shape index (κ3) is 3.56. The molecule has 1 atom stereocenters. The first-order chi connectivity index (χ1) is 13.5. The number of hydrogen-bond acceptors (Lipinski definition) is 6. The zero-order valence-corrected chi connectivity index (χ0v) is 16.8. The van der Waals surface area contributed by atoms with Crippen LogP contribution in [0.5, 0.6) is 5.75 Å². The minimum atomic E-state index is -0.167. The number of imidazole rings is 1. The van der Waals surface area contributed by atoms with E-state index in [1.807, 2.05) is 19.9 Å². The molecule has 1 unspecified atom stereocenters. The van der Waals surface area contributed by atoms with Crippen LogP contribution in [0, 0.1) is 12.3 Å². The summed E-state index contributed by atoms with van der Waals surface area (Å²) in [4.78, 5) is 15.7. The predicted molar refractivity (Wildman–Crippen MR) is 111 cm³/mol. The second-order valence-corrected chi connectivity index (χ2v) is 6.69. The summed E-state index contributed by atoms with van der Waals surface area (Å²) in [6.07, 6.45) is 6.02. The average molecular weight is 401 g/mol. The van der Waals surface area contributed by atoms with E-state index in [0.29, 0.717) is 28.8 Å². The van der Waals surface area contributed by atoms with Gasteiger partial charge in [0.05, 0.1) is 19.5 Å². The fourth-order valence-corrected chi connectivity index (χ4v) is 3.43. The molecule has 3 rings (SSSR count). The van der Waals surface area contributed by atoms with E-state index >= 15 is 0 Å². The first kappa shape index (κ1) is 19.8. The summed E-state index contributed by atoms with van der Waals surface area (Å²) >= 11 is 6.54. The van der Waals surface area contributed by atoms with Crippen molar-refractivity contribution in [1.82, 2.24) is 19.9 Å². The Morgan fingerprint density at radius 2 is 2.21 bits per heavy atom. The molecule has 2 aromatic heterocycles. The molecule has 0 spiro atoms. The maximum atomic E-state index is 7.45. The van der Waals surface area contributed by atoms with Crippen LogP contribution in [0.4, 0.5) is 5.82 Å². The van der Waals surface area contributed by atoms with Gasteiger partial charge in [0, 0.05) is 27.9 Å². The highest BCUT2D eigenvalue weighted by Crippen LogP contribution is 2.40. The van der Waals surface area contributed by atoms with Crippen molar-refractivity contribution in [2.45, 2.75) is 19.9 Å². The zero-order valence-electron chi connectivity index (χ0n) is 16.0. The number of anilines is 1. The third-order valence-electron chi connectivity index (χ3n) is 4.63. The molecule has 0 amide bonds. The Balaban J connectivity index is 2.10. The lowest BCUT2D eigenvalue weighted by molar-refractivity contribution is -0.349. The Kier molecular flexibility index (Phi) is 5.91. The fourth-order valence-electron chi connectivity index (χ4n) is 3.22. The number of methoxy groups -OCH3 is 1. The van der Waals surface area contributed by atoms with Crippen LogP contribution in [-0.4, -0.2) is 39.8 Å². The average Bonchev–Trinajstić information content (AvgIpc) is 3.18. The van der Waals surface area contributed by atoms with E-state index in [1.165, 1.54) is 12.5 Å². The van der Waals surface area contributed by atoms with Crippen molar-refractivity contribution in [2.24, 2.45) is 0 Å². The number of halogens is 1. The number of hydrogen-bond donors (Lipinski definition) is 4. The lowest BCUT2D eigenvalue weighted by Gasteiger charge is -2.23. The van der Waals surface area contributed by atoms with E-state index in [9.17, 15) is 0 Å². The molecule has 9 heteroatoms. The molecule has 146 valence electrons. The molecule has 28 heavy (non-hydrogen) atoms. The summed E-state index contributed by atoms with van der Waals surface area (Å²) in [7, 11) is 1.63. The van der Waals surface area contributed by atoms with Gasteiger partial charge < -0.3 is 26.2 Å². The van der Waals surface area contributed by atoms with Gasteiger partial charge in [-0.1, -0.05) is 11.6 Å². The van der Waals surface area contributed by atoms with Gasteiger partial charge in [-0.3, -0.25) is 0 Å². The lowest BCUT2D eigenvalue weighted by Crippen LogP contribution is -2.50. The molecule has 6 N–H and O–H groups in total. The number of quaternary nitrogens is 1. The van der Waals surface area contributed by atoms with Crippen LogP contribution in [-0.2, 0) is 0 Å². The van der Waals surface area contributed by atoms with E-state index in [1.54, 1.807) is 19.5 Å². The van der Waals surface area contributed by atoms with Crippen LogP contribution in [0.25, 0.3) is 16.7 Å². The van der Waals surface area contributed by atoms with Crippen molar-refractivity contribution in [3.05, 3.63) is 46.5 Å². The summed E-state index contributed by atoms with van der Waals surface area (Å²) in [5.41, 5.74) is 8.83. The molecule has 0 saturated carbocycles. The van der Waals surface area contributed by atoms with Gasteiger partial charge in [-0.05, 0) is 31.6 Å². The lowest BCUT2D eigenvalue weighted by atomic mass is 9.93. The molecule has 0 aliphatic rings. The number of fused-ring (bicyclic) bond motifs is 1. The summed E-state index contributed by atoms with van der Waals surface area (Å²) in [5, 5.41) is 11.5. The maximum absolute atomic E-state index is 7.45. The molecular weight excluding hydrogens is 378 g/mol. The number of ether oxygens (including phenoxy) is 1. The van der Waals surface area contributed by atoms with Crippen LogP contribution in [0.2, 0.25) is 5.02 Å². The SMILES string of the molecule is COc1c(C(C)Nc2ncnc3nc[nH]c23)cc(Cl)c(C)c1C(=CC=N)C[NH3+]. The zero-order chi connectivity index (χ0) is 20.3. The number of benzene rings is 1. The number of rotatable bonds is 7. The largest absolute Gasteiger partial charge is 0.496 e. The van der Waals surface area contributed by atoms with Gasteiger partial charge in [0.2, 0.25) is 0 Å². The number of aromatic amines is 1. The van der Waals surface area contributed by atoms with E-state index in [0.717, 1.165) is 27.8 Å². The van der Waals surface area contributed by atoms with Crippen molar-refractivity contribution in [3.8, 4) is 5.75 Å². The second-order valence-electron chi connectivity index (χ2n) is 6.28. The molecule has 0 saturated heterocycles. The molecule has 0 bridgehead atoms. The summed E-state index contributed by atoms with van der Waals surface area (Å²) in [6, 6.07) is 1.73. The molecular formula is C19H23ClN7O+. The summed E-state index contributed by atoms with van der Waals surface area (Å²) in [5.74, 6) is 1.34. The summed E-state index contributed by atoms with van der Waals surface area (Å²) in [6.45, 7) is 4.45. The predicted octanol–water partition coefficient (Wildman–Crippen LogP) is 2.77. The minimum Gasteiger partial charge on any atom is -0.496 e. The van der Waals surface area contributed by atoms with Gasteiger partial charge in [0.1, 0.15) is 24.1 Å². The fraction of sp³-hybridized carbons (Fsp3) is 0.263. The third-order valence-corrected chi connectivity index (χ3v) is 5.02. The molecule has 0 aliphatic heterocycles. The number of allylic oxidation sites excluding steroid dienone is 1. The van der Waals surface area contributed by atoms with E-state index < -0.39 is 0 Å². The molecule has 1 aromatic carbocycles. The van der Waals surface area contributed by atoms with Crippen LogP contribution in [0.15, 0.2) is 24.8 Å². The minimum absolute atomic E-state index is 0.167. The van der Waals surface area contributed by atoms with Gasteiger partial charge in [-0.2, -0.15) is 0 Å². The Labute approximate surface area is 167 Å². The van der Waals surface area contributed by atoms with Crippen LogP contribution < -0.4 is 15.8 Å². The number of nitrogens with one attached hydrogen (secondary N) is 3. The van der Waals surface area contributed by atoms with Gasteiger partial charge in [0.25, 0.3) is 0 Å². The van der Waals surface area contributed by atoms with Crippen molar-refractivity contribution in [1.29, 1.82) is 5.41 Å². The molecule has 2 heterocycles. The van der Waals surface area contributed by atoms with E-state index in [2.05, 4.69) is 31.0 Å².